The fourth-order valence-electron chi connectivity index (χ4n) is 1.03. The van der Waals surface area contributed by atoms with Gasteiger partial charge in [0.15, 0.2) is 0 Å². The summed E-state index contributed by atoms with van der Waals surface area (Å²) < 4.78 is 0. The Kier molecular flexibility index (Phi) is 6.45. The molecule has 0 aliphatic heterocycles. The lowest BCUT2D eigenvalue weighted by molar-refractivity contribution is 0.130. The summed E-state index contributed by atoms with van der Waals surface area (Å²) in [4.78, 5) is 2.06. The molecular formula is C7H19N3O. The van der Waals surface area contributed by atoms with Gasteiger partial charge in [-0.15, -0.1) is 0 Å². The van der Waals surface area contributed by atoms with E-state index in [1.54, 1.807) is 6.92 Å². The molecule has 0 unspecified atom stereocenters. The Morgan fingerprint density at radius 2 is 1.73 bits per heavy atom. The standard InChI is InChI=1S/C7H19N3O/c1-7(11)6-10(4-2-8)5-3-9/h7,11H,2-6,8-9H2,1H3/t7-/m1/s1. The number of hydrogen-bond donors (Lipinski definition) is 3. The molecule has 0 bridgehead atoms. The fourth-order valence-corrected chi connectivity index (χ4v) is 1.03. The second-order valence-electron chi connectivity index (χ2n) is 2.73. The lowest BCUT2D eigenvalue weighted by atomic mass is 10.3. The van der Waals surface area contributed by atoms with Crippen molar-refractivity contribution in [1.82, 2.24) is 4.90 Å². The molecule has 0 fully saturated rings. The highest BCUT2D eigenvalue weighted by atomic mass is 16.3. The largest absolute Gasteiger partial charge is 0.392 e. The van der Waals surface area contributed by atoms with Crippen molar-refractivity contribution in [2.75, 3.05) is 32.7 Å². The zero-order valence-electron chi connectivity index (χ0n) is 7.16. The first-order chi connectivity index (χ1) is 5.20. The average Bonchev–Trinajstić information content (AvgIpc) is 1.87. The van der Waals surface area contributed by atoms with E-state index in [0.717, 1.165) is 13.1 Å². The zero-order chi connectivity index (χ0) is 8.69. The van der Waals surface area contributed by atoms with Crippen LogP contribution in [0.2, 0.25) is 0 Å². The maximum atomic E-state index is 9.05. The predicted molar refractivity (Wildman–Crippen MR) is 46.2 cm³/mol. The molecule has 0 aromatic rings. The molecule has 0 rings (SSSR count). The Balaban J connectivity index is 3.50. The molecule has 0 amide bonds. The van der Waals surface area contributed by atoms with Gasteiger partial charge in [-0.25, -0.2) is 0 Å². The summed E-state index contributed by atoms with van der Waals surface area (Å²) in [5.74, 6) is 0. The summed E-state index contributed by atoms with van der Waals surface area (Å²) in [6, 6.07) is 0. The highest BCUT2D eigenvalue weighted by molar-refractivity contribution is 4.61. The van der Waals surface area contributed by atoms with Crippen LogP contribution in [0.4, 0.5) is 0 Å². The summed E-state index contributed by atoms with van der Waals surface area (Å²) in [7, 11) is 0. The van der Waals surface area contributed by atoms with Gasteiger partial charge in [0.1, 0.15) is 0 Å². The summed E-state index contributed by atoms with van der Waals surface area (Å²) >= 11 is 0. The van der Waals surface area contributed by atoms with Crippen molar-refractivity contribution in [3.63, 3.8) is 0 Å². The summed E-state index contributed by atoms with van der Waals surface area (Å²) in [6.07, 6.45) is -0.298. The van der Waals surface area contributed by atoms with Gasteiger partial charge in [0.2, 0.25) is 0 Å². The first kappa shape index (κ1) is 10.8. The SMILES string of the molecule is C[C@@H](O)CN(CCN)CCN. The van der Waals surface area contributed by atoms with E-state index in [9.17, 15) is 0 Å². The molecule has 4 nitrogen and oxygen atoms in total. The van der Waals surface area contributed by atoms with Crippen molar-refractivity contribution >= 4 is 0 Å². The molecular weight excluding hydrogens is 142 g/mol. The van der Waals surface area contributed by atoms with Crippen LogP contribution in [-0.4, -0.2) is 48.8 Å². The third-order valence-electron chi connectivity index (χ3n) is 1.41. The summed E-state index contributed by atoms with van der Waals surface area (Å²) in [6.45, 7) is 5.28. The van der Waals surface area contributed by atoms with Crippen molar-refractivity contribution in [2.24, 2.45) is 11.5 Å². The van der Waals surface area contributed by atoms with Gasteiger partial charge in [0.05, 0.1) is 6.10 Å². The van der Waals surface area contributed by atoms with Crippen molar-refractivity contribution in [3.05, 3.63) is 0 Å². The molecule has 0 aliphatic carbocycles. The van der Waals surface area contributed by atoms with Crippen LogP contribution in [0.5, 0.6) is 0 Å². The van der Waals surface area contributed by atoms with Crippen LogP contribution in [0, 0.1) is 0 Å². The van der Waals surface area contributed by atoms with Gasteiger partial charge in [-0.1, -0.05) is 0 Å². The molecule has 11 heavy (non-hydrogen) atoms. The van der Waals surface area contributed by atoms with E-state index >= 15 is 0 Å². The second kappa shape index (κ2) is 6.54. The zero-order valence-corrected chi connectivity index (χ0v) is 7.16. The third kappa shape index (κ3) is 6.25. The third-order valence-corrected chi connectivity index (χ3v) is 1.41. The second-order valence-corrected chi connectivity index (χ2v) is 2.73. The van der Waals surface area contributed by atoms with Gasteiger partial charge in [-0.3, -0.25) is 4.90 Å². The first-order valence-electron chi connectivity index (χ1n) is 4.01. The van der Waals surface area contributed by atoms with E-state index in [2.05, 4.69) is 4.90 Å². The molecule has 0 radical (unpaired) electrons. The van der Waals surface area contributed by atoms with E-state index in [4.69, 9.17) is 16.6 Å². The van der Waals surface area contributed by atoms with E-state index in [0.29, 0.717) is 19.6 Å². The minimum absolute atomic E-state index is 0.298. The quantitative estimate of drug-likeness (QED) is 0.447. The van der Waals surface area contributed by atoms with Gasteiger partial charge >= 0.3 is 0 Å². The Hall–Kier alpha value is -0.160. The molecule has 0 saturated heterocycles. The monoisotopic (exact) mass is 161 g/mol. The first-order valence-corrected chi connectivity index (χ1v) is 4.01. The molecule has 0 spiro atoms. The van der Waals surface area contributed by atoms with Crippen LogP contribution in [-0.2, 0) is 0 Å². The van der Waals surface area contributed by atoms with Crippen molar-refractivity contribution in [1.29, 1.82) is 0 Å². The number of nitrogens with zero attached hydrogens (tertiary/aromatic N) is 1. The lowest BCUT2D eigenvalue weighted by Crippen LogP contribution is -2.38. The van der Waals surface area contributed by atoms with Crippen LogP contribution < -0.4 is 11.5 Å². The van der Waals surface area contributed by atoms with Gasteiger partial charge in [-0.2, -0.15) is 0 Å². The van der Waals surface area contributed by atoms with Crippen molar-refractivity contribution < 1.29 is 5.11 Å². The lowest BCUT2D eigenvalue weighted by Gasteiger charge is -2.21. The van der Waals surface area contributed by atoms with Crippen molar-refractivity contribution in [3.8, 4) is 0 Å². The molecule has 0 aliphatic rings. The Bertz CT molecular complexity index is 81.8. The molecule has 0 saturated carbocycles. The molecule has 0 heterocycles. The minimum atomic E-state index is -0.298. The fraction of sp³-hybridized carbons (Fsp3) is 1.00. The summed E-state index contributed by atoms with van der Waals surface area (Å²) in [5, 5.41) is 9.05. The van der Waals surface area contributed by atoms with E-state index in [-0.39, 0.29) is 6.10 Å². The topological polar surface area (TPSA) is 75.5 Å². The molecule has 4 heteroatoms. The van der Waals surface area contributed by atoms with Crippen LogP contribution in [0.1, 0.15) is 6.92 Å². The van der Waals surface area contributed by atoms with Crippen LogP contribution >= 0.6 is 0 Å². The highest BCUT2D eigenvalue weighted by Gasteiger charge is 2.04. The van der Waals surface area contributed by atoms with Crippen LogP contribution in [0.15, 0.2) is 0 Å². The van der Waals surface area contributed by atoms with Crippen molar-refractivity contribution in [2.45, 2.75) is 13.0 Å². The van der Waals surface area contributed by atoms with Gasteiger partial charge < -0.3 is 16.6 Å². The number of rotatable bonds is 6. The Morgan fingerprint density at radius 1 is 1.27 bits per heavy atom. The molecule has 0 aromatic carbocycles. The number of nitrogens with two attached hydrogens (primary N) is 2. The molecule has 0 aromatic heterocycles. The maximum Gasteiger partial charge on any atom is 0.0639 e. The maximum absolute atomic E-state index is 9.05. The van der Waals surface area contributed by atoms with Crippen LogP contribution in [0.25, 0.3) is 0 Å². The average molecular weight is 161 g/mol. The number of aliphatic hydroxyl groups excluding tert-OH is 1. The summed E-state index contributed by atoms with van der Waals surface area (Å²) in [5.41, 5.74) is 10.7. The Labute approximate surface area is 68.2 Å². The van der Waals surface area contributed by atoms with E-state index in [1.165, 1.54) is 0 Å². The van der Waals surface area contributed by atoms with Gasteiger partial charge in [-0.05, 0) is 6.92 Å². The molecule has 1 atom stereocenters. The number of hydrogen-bond acceptors (Lipinski definition) is 4. The predicted octanol–water partition coefficient (Wildman–Crippen LogP) is -1.41. The van der Waals surface area contributed by atoms with E-state index < -0.39 is 0 Å². The van der Waals surface area contributed by atoms with E-state index in [1.807, 2.05) is 0 Å². The van der Waals surface area contributed by atoms with Gasteiger partial charge in [0.25, 0.3) is 0 Å². The highest BCUT2D eigenvalue weighted by Crippen LogP contribution is 1.89. The normalized spacial score (nSPS) is 13.9. The molecule has 68 valence electrons. The number of aliphatic hydroxyl groups is 1. The smallest absolute Gasteiger partial charge is 0.0639 e. The molecule has 5 N–H and O–H groups in total. The van der Waals surface area contributed by atoms with Gasteiger partial charge in [0, 0.05) is 32.7 Å². The Morgan fingerprint density at radius 3 is 2.00 bits per heavy atom. The minimum Gasteiger partial charge on any atom is -0.392 e. The van der Waals surface area contributed by atoms with Crippen LogP contribution in [0.3, 0.4) is 0 Å².